The maximum absolute atomic E-state index is 13.0. The Morgan fingerprint density at radius 3 is 2.53 bits per heavy atom. The molecule has 5 aliphatic heterocycles. The van der Waals surface area contributed by atoms with Crippen molar-refractivity contribution in [2.24, 2.45) is 5.92 Å². The third-order valence-electron chi connectivity index (χ3n) is 7.76. The summed E-state index contributed by atoms with van der Waals surface area (Å²) in [5.41, 5.74) is 3.02. The fourth-order valence-electron chi connectivity index (χ4n) is 5.28. The predicted octanol–water partition coefficient (Wildman–Crippen LogP) is 2.77. The molecule has 198 valence electrons. The van der Waals surface area contributed by atoms with E-state index in [4.69, 9.17) is 9.15 Å². The minimum absolute atomic E-state index is 0.0420. The number of benzene rings is 1. The van der Waals surface area contributed by atoms with Gasteiger partial charge in [-0.15, -0.1) is 10.2 Å². The molecule has 0 atom stereocenters. The van der Waals surface area contributed by atoms with Crippen LogP contribution < -0.4 is 9.62 Å². The van der Waals surface area contributed by atoms with Crippen molar-refractivity contribution in [2.45, 2.75) is 37.0 Å². The van der Waals surface area contributed by atoms with Gasteiger partial charge in [0, 0.05) is 37.9 Å². The number of fused-ring (bicyclic) bond motifs is 1. The fourth-order valence-corrected chi connectivity index (χ4v) is 6.66. The van der Waals surface area contributed by atoms with E-state index in [1.54, 1.807) is 29.3 Å². The summed E-state index contributed by atoms with van der Waals surface area (Å²) in [5, 5.41) is 8.26. The summed E-state index contributed by atoms with van der Waals surface area (Å²) in [6, 6.07) is 8.82. The van der Waals surface area contributed by atoms with E-state index >= 15 is 0 Å². The summed E-state index contributed by atoms with van der Waals surface area (Å²) in [5.74, 6) is 0.884. The lowest BCUT2D eigenvalue weighted by atomic mass is 9.96. The summed E-state index contributed by atoms with van der Waals surface area (Å²) < 4.78 is 40.2. The van der Waals surface area contributed by atoms with Crippen LogP contribution in [0.15, 0.2) is 40.9 Å². The highest BCUT2D eigenvalue weighted by Gasteiger charge is 2.36. The van der Waals surface area contributed by atoms with E-state index in [1.165, 1.54) is 0 Å². The largest absolute Gasteiger partial charge is 0.416 e. The quantitative estimate of drug-likeness (QED) is 0.537. The first-order valence-electron chi connectivity index (χ1n) is 13.0. The minimum Gasteiger partial charge on any atom is -0.416 e. The average Bonchev–Trinajstić information content (AvgIpc) is 3.66. The monoisotopic (exact) mass is 536 g/mol. The molecule has 1 amide bonds. The molecule has 1 aliphatic carbocycles. The lowest BCUT2D eigenvalue weighted by molar-refractivity contribution is -0.0560. The summed E-state index contributed by atoms with van der Waals surface area (Å²) in [7, 11) is -3.40. The molecule has 2 saturated heterocycles. The number of hydrogen-bond donors (Lipinski definition) is 1. The zero-order valence-electron chi connectivity index (χ0n) is 20.7. The topological polar surface area (TPSA) is 131 Å². The Kier molecular flexibility index (Phi) is 5.62. The van der Waals surface area contributed by atoms with Gasteiger partial charge >= 0.3 is 0 Å². The number of nitrogens with zero attached hydrogens (tertiary/aromatic N) is 5. The summed E-state index contributed by atoms with van der Waals surface area (Å²) in [6.45, 7) is 3.37. The molecule has 2 aromatic heterocycles. The highest BCUT2D eigenvalue weighted by Crippen LogP contribution is 2.38. The van der Waals surface area contributed by atoms with Crippen LogP contribution in [-0.2, 0) is 14.8 Å². The van der Waals surface area contributed by atoms with E-state index in [2.05, 4.69) is 24.8 Å². The molecule has 0 radical (unpaired) electrons. The second-order valence-corrected chi connectivity index (χ2v) is 12.5. The maximum Gasteiger partial charge on any atom is 0.272 e. The van der Waals surface area contributed by atoms with Gasteiger partial charge in [0.05, 0.1) is 34.9 Å². The summed E-state index contributed by atoms with van der Waals surface area (Å²) in [4.78, 5) is 21.2. The standard InChI is InChI=1S/C26H28N6O5S/c33-26-22-11-17(5-8-27-22)24-28-29-25(37-24)21-4-1-18(30-38(34,35)20-2-3-20)12-23(21)31-9-6-16(7-10-31)15-36-19-13-32(26)14-19/h1,4-5,8,11-12,16,19-20,30H,2-3,6-7,9-10,13-15H2. The zero-order chi connectivity index (χ0) is 25.9. The SMILES string of the molecule is O=C1c2cc(ccn2)-c2nnc(o2)-c2ccc(NS(=O)(=O)C3CC3)cc2N2CCC(CC2)COC2CN1C2. The smallest absolute Gasteiger partial charge is 0.272 e. The number of rotatable bonds is 3. The molecule has 9 rings (SSSR count). The van der Waals surface area contributed by atoms with Crippen LogP contribution in [0.4, 0.5) is 11.4 Å². The zero-order valence-corrected chi connectivity index (χ0v) is 21.6. The molecule has 12 heteroatoms. The molecule has 11 nitrogen and oxygen atoms in total. The van der Waals surface area contributed by atoms with Gasteiger partial charge in [-0.3, -0.25) is 14.5 Å². The number of hydrogen-bond acceptors (Lipinski definition) is 9. The van der Waals surface area contributed by atoms with Gasteiger partial charge in [0.2, 0.25) is 21.8 Å². The second kappa shape index (κ2) is 9.05. The molecule has 3 aromatic rings. The number of nitrogens with one attached hydrogen (secondary N) is 1. The highest BCUT2D eigenvalue weighted by atomic mass is 32.2. The van der Waals surface area contributed by atoms with Crippen molar-refractivity contribution in [2.75, 3.05) is 42.4 Å². The third-order valence-corrected chi connectivity index (χ3v) is 9.63. The van der Waals surface area contributed by atoms with Crippen LogP contribution in [0.1, 0.15) is 36.2 Å². The van der Waals surface area contributed by atoms with Crippen LogP contribution in [0.3, 0.4) is 0 Å². The van der Waals surface area contributed by atoms with Gasteiger partial charge < -0.3 is 19.0 Å². The van der Waals surface area contributed by atoms with Crippen molar-refractivity contribution in [1.29, 1.82) is 0 Å². The van der Waals surface area contributed by atoms with Crippen molar-refractivity contribution in [3.63, 3.8) is 0 Å². The highest BCUT2D eigenvalue weighted by molar-refractivity contribution is 7.93. The fraction of sp³-hybridized carbons (Fsp3) is 0.462. The number of amides is 1. The van der Waals surface area contributed by atoms with Crippen LogP contribution in [0, 0.1) is 5.92 Å². The Balaban J connectivity index is 1.27. The Morgan fingerprint density at radius 2 is 1.74 bits per heavy atom. The van der Waals surface area contributed by atoms with E-state index < -0.39 is 10.0 Å². The number of carbonyl (C=O) groups excluding carboxylic acids is 1. The predicted molar refractivity (Wildman–Crippen MR) is 139 cm³/mol. The number of carbonyl (C=O) groups is 1. The molecule has 1 N–H and O–H groups in total. The molecule has 6 aliphatic rings. The van der Waals surface area contributed by atoms with Crippen LogP contribution in [0.5, 0.6) is 0 Å². The van der Waals surface area contributed by atoms with Crippen molar-refractivity contribution in [3.8, 4) is 22.9 Å². The van der Waals surface area contributed by atoms with E-state index in [0.29, 0.717) is 61.3 Å². The van der Waals surface area contributed by atoms with Crippen LogP contribution >= 0.6 is 0 Å². The van der Waals surface area contributed by atoms with Crippen molar-refractivity contribution in [3.05, 3.63) is 42.2 Å². The minimum atomic E-state index is -3.40. The van der Waals surface area contributed by atoms with Crippen LogP contribution in [0.2, 0.25) is 0 Å². The molecule has 1 aromatic carbocycles. The van der Waals surface area contributed by atoms with Crippen LogP contribution in [-0.4, -0.2) is 78.5 Å². The second-order valence-electron chi connectivity index (χ2n) is 10.5. The Bertz CT molecular complexity index is 1490. The number of anilines is 2. The molecule has 38 heavy (non-hydrogen) atoms. The van der Waals surface area contributed by atoms with Gasteiger partial charge in [-0.05, 0) is 61.9 Å². The number of sulfonamides is 1. The van der Waals surface area contributed by atoms with Crippen molar-refractivity contribution >= 4 is 27.3 Å². The Labute approximate surface area is 220 Å². The Hall–Kier alpha value is -3.51. The van der Waals surface area contributed by atoms with Crippen molar-refractivity contribution < 1.29 is 22.4 Å². The molecule has 0 spiro atoms. The number of piperidine rings is 1. The molecular formula is C26H28N6O5S. The van der Waals surface area contributed by atoms with Gasteiger partial charge in [0.25, 0.3) is 5.91 Å². The normalized spacial score (nSPS) is 23.3. The first-order chi connectivity index (χ1) is 18.4. The first kappa shape index (κ1) is 23.6. The van der Waals surface area contributed by atoms with Gasteiger partial charge in [-0.25, -0.2) is 8.42 Å². The van der Waals surface area contributed by atoms with Gasteiger partial charge in [0.15, 0.2) is 0 Å². The van der Waals surface area contributed by atoms with E-state index in [-0.39, 0.29) is 23.2 Å². The van der Waals surface area contributed by atoms with Gasteiger partial charge in [-0.2, -0.15) is 0 Å². The third kappa shape index (κ3) is 4.41. The van der Waals surface area contributed by atoms with E-state index in [0.717, 1.165) is 37.2 Å². The number of aromatic nitrogens is 3. The van der Waals surface area contributed by atoms with Gasteiger partial charge in [-0.1, -0.05) is 0 Å². The van der Waals surface area contributed by atoms with Crippen LogP contribution in [0.25, 0.3) is 22.9 Å². The molecular weight excluding hydrogens is 508 g/mol. The summed E-state index contributed by atoms with van der Waals surface area (Å²) >= 11 is 0. The Morgan fingerprint density at radius 1 is 0.947 bits per heavy atom. The van der Waals surface area contributed by atoms with Gasteiger partial charge in [0.1, 0.15) is 5.69 Å². The molecule has 8 bridgehead atoms. The maximum atomic E-state index is 13.0. The number of pyridine rings is 1. The molecule has 1 saturated carbocycles. The molecule has 7 heterocycles. The van der Waals surface area contributed by atoms with E-state index in [9.17, 15) is 13.2 Å². The first-order valence-corrected chi connectivity index (χ1v) is 14.6. The lowest BCUT2D eigenvalue weighted by Crippen LogP contribution is -2.55. The lowest BCUT2D eigenvalue weighted by Gasteiger charge is -2.40. The van der Waals surface area contributed by atoms with Crippen molar-refractivity contribution in [1.82, 2.24) is 20.1 Å². The molecule has 0 unspecified atom stereocenters. The average molecular weight is 537 g/mol. The molecule has 3 fully saturated rings. The van der Waals surface area contributed by atoms with E-state index in [1.807, 2.05) is 12.1 Å². The number of ether oxygens (including phenoxy) is 1. The summed E-state index contributed by atoms with van der Waals surface area (Å²) in [6.07, 6.45) is 4.88.